The Morgan fingerprint density at radius 2 is 2.05 bits per heavy atom. The smallest absolute Gasteiger partial charge is 0.0346 e. The fourth-order valence-corrected chi connectivity index (χ4v) is 3.82. The number of nitrogens with one attached hydrogen (secondary N) is 1. The predicted octanol–water partition coefficient (Wildman–Crippen LogP) is 3.47. The topological polar surface area (TPSA) is 24.9 Å². The molecule has 0 bridgehead atoms. The highest BCUT2D eigenvalue weighted by atomic mass is 32.2. The van der Waals surface area contributed by atoms with Crippen LogP contribution in [0.4, 0.5) is 0 Å². The number of aromatic nitrogens is 1. The summed E-state index contributed by atoms with van der Waals surface area (Å²) in [7, 11) is 0. The number of hydrogen-bond donors (Lipinski definition) is 1. The zero-order valence-electron chi connectivity index (χ0n) is 11.1. The number of thioether (sulfide) groups is 1. The van der Waals surface area contributed by atoms with Crippen LogP contribution in [0.2, 0.25) is 0 Å². The van der Waals surface area contributed by atoms with Crippen LogP contribution in [0.25, 0.3) is 10.8 Å². The molecule has 1 fully saturated rings. The molecule has 1 N–H and O–H groups in total. The highest BCUT2D eigenvalue weighted by Gasteiger charge is 2.12. The molecule has 19 heavy (non-hydrogen) atoms. The maximum atomic E-state index is 4.15. The van der Waals surface area contributed by atoms with Crippen molar-refractivity contribution < 1.29 is 0 Å². The molecule has 0 aliphatic carbocycles. The molecule has 1 aromatic carbocycles. The van der Waals surface area contributed by atoms with Gasteiger partial charge in [-0.2, -0.15) is 11.8 Å². The largest absolute Gasteiger partial charge is 0.312 e. The van der Waals surface area contributed by atoms with Crippen molar-refractivity contribution in [3.8, 4) is 0 Å². The first kappa shape index (κ1) is 12.9. The van der Waals surface area contributed by atoms with Gasteiger partial charge in [-0.25, -0.2) is 0 Å². The maximum Gasteiger partial charge on any atom is 0.0346 e. The molecule has 0 unspecified atom stereocenters. The molecule has 1 aromatic heterocycles. The predicted molar refractivity (Wildman–Crippen MR) is 83.5 cm³/mol. The second-order valence-electron chi connectivity index (χ2n) is 5.24. The Bertz CT molecular complexity index is 535. The third kappa shape index (κ3) is 3.48. The van der Waals surface area contributed by atoms with Gasteiger partial charge in [0.05, 0.1) is 0 Å². The average molecular weight is 272 g/mol. The quantitative estimate of drug-likeness (QED) is 0.922. The first-order valence-corrected chi connectivity index (χ1v) is 8.18. The molecule has 0 saturated carbocycles. The average Bonchev–Trinajstić information content (AvgIpc) is 2.48. The molecule has 2 aromatic rings. The number of benzene rings is 1. The molecule has 1 aliphatic heterocycles. The van der Waals surface area contributed by atoms with Crippen LogP contribution in [0, 0.1) is 5.92 Å². The van der Waals surface area contributed by atoms with Crippen molar-refractivity contribution in [2.24, 2.45) is 5.92 Å². The summed E-state index contributed by atoms with van der Waals surface area (Å²) >= 11 is 2.10. The Morgan fingerprint density at radius 3 is 2.95 bits per heavy atom. The Balaban J connectivity index is 1.56. The minimum atomic E-state index is 0.880. The van der Waals surface area contributed by atoms with Gasteiger partial charge in [-0.1, -0.05) is 12.1 Å². The SMILES string of the molecule is c1cc2cc(CNCC3CCSCC3)ccc2cn1. The summed E-state index contributed by atoms with van der Waals surface area (Å²) in [5, 5.41) is 6.11. The molecule has 2 nitrogen and oxygen atoms in total. The lowest BCUT2D eigenvalue weighted by Gasteiger charge is -2.21. The molecule has 0 radical (unpaired) electrons. The molecule has 0 atom stereocenters. The first-order valence-electron chi connectivity index (χ1n) is 7.03. The van der Waals surface area contributed by atoms with E-state index in [-0.39, 0.29) is 0 Å². The first-order chi connectivity index (χ1) is 9.42. The fourth-order valence-electron chi connectivity index (χ4n) is 2.61. The number of rotatable bonds is 4. The summed E-state index contributed by atoms with van der Waals surface area (Å²) in [5.41, 5.74) is 1.36. The van der Waals surface area contributed by atoms with Crippen molar-refractivity contribution in [2.75, 3.05) is 18.1 Å². The van der Waals surface area contributed by atoms with Crippen molar-refractivity contribution in [2.45, 2.75) is 19.4 Å². The van der Waals surface area contributed by atoms with Crippen molar-refractivity contribution in [1.29, 1.82) is 0 Å². The summed E-state index contributed by atoms with van der Waals surface area (Å²) in [6.07, 6.45) is 6.54. The fraction of sp³-hybridized carbons (Fsp3) is 0.438. The van der Waals surface area contributed by atoms with Gasteiger partial charge in [0.15, 0.2) is 0 Å². The van der Waals surface area contributed by atoms with E-state index in [0.29, 0.717) is 0 Å². The Morgan fingerprint density at radius 1 is 1.16 bits per heavy atom. The number of pyridine rings is 1. The Kier molecular flexibility index (Phi) is 4.36. The number of nitrogens with zero attached hydrogens (tertiary/aromatic N) is 1. The van der Waals surface area contributed by atoms with E-state index >= 15 is 0 Å². The van der Waals surface area contributed by atoms with Gasteiger partial charge in [-0.15, -0.1) is 0 Å². The standard InChI is InChI=1S/C16H20N2S/c1-2-16-12-17-6-3-15(16)9-14(1)11-18-10-13-4-7-19-8-5-13/h1-3,6,9,12-13,18H,4-5,7-8,10-11H2. The molecule has 1 aliphatic rings. The van der Waals surface area contributed by atoms with Gasteiger partial charge < -0.3 is 5.32 Å². The van der Waals surface area contributed by atoms with E-state index in [0.717, 1.165) is 19.0 Å². The molecule has 0 amide bonds. The molecule has 3 rings (SSSR count). The number of hydrogen-bond acceptors (Lipinski definition) is 3. The molecule has 0 spiro atoms. The Hall–Kier alpha value is -1.06. The molecule has 100 valence electrons. The second kappa shape index (κ2) is 6.40. The van der Waals surface area contributed by atoms with Crippen LogP contribution in [0.15, 0.2) is 36.7 Å². The highest BCUT2D eigenvalue weighted by Crippen LogP contribution is 2.22. The van der Waals surface area contributed by atoms with Crippen LogP contribution in [-0.2, 0) is 6.54 Å². The van der Waals surface area contributed by atoms with E-state index in [1.54, 1.807) is 0 Å². The van der Waals surface area contributed by atoms with Crippen LogP contribution < -0.4 is 5.32 Å². The molecule has 2 heterocycles. The van der Waals surface area contributed by atoms with Crippen LogP contribution in [0.5, 0.6) is 0 Å². The minimum absolute atomic E-state index is 0.880. The lowest BCUT2D eigenvalue weighted by Crippen LogP contribution is -2.25. The summed E-state index contributed by atoms with van der Waals surface area (Å²) in [6, 6.07) is 8.71. The summed E-state index contributed by atoms with van der Waals surface area (Å²) in [6.45, 7) is 2.14. The normalized spacial score (nSPS) is 16.8. The lowest BCUT2D eigenvalue weighted by molar-refractivity contribution is 0.448. The van der Waals surface area contributed by atoms with Crippen molar-refractivity contribution in [1.82, 2.24) is 10.3 Å². The van der Waals surface area contributed by atoms with Crippen LogP contribution in [0.3, 0.4) is 0 Å². The zero-order chi connectivity index (χ0) is 12.9. The number of fused-ring (bicyclic) bond motifs is 1. The summed E-state index contributed by atoms with van der Waals surface area (Å²) in [4.78, 5) is 4.15. The van der Waals surface area contributed by atoms with E-state index < -0.39 is 0 Å². The van der Waals surface area contributed by atoms with E-state index in [1.807, 2.05) is 12.4 Å². The van der Waals surface area contributed by atoms with Gasteiger partial charge in [0.2, 0.25) is 0 Å². The van der Waals surface area contributed by atoms with Crippen LogP contribution in [0.1, 0.15) is 18.4 Å². The molecular weight excluding hydrogens is 252 g/mol. The van der Waals surface area contributed by atoms with E-state index in [2.05, 4.69) is 46.3 Å². The van der Waals surface area contributed by atoms with Gasteiger partial charge in [-0.3, -0.25) is 4.98 Å². The van der Waals surface area contributed by atoms with Gasteiger partial charge in [0.25, 0.3) is 0 Å². The second-order valence-corrected chi connectivity index (χ2v) is 6.47. The highest BCUT2D eigenvalue weighted by molar-refractivity contribution is 7.99. The van der Waals surface area contributed by atoms with Crippen LogP contribution >= 0.6 is 11.8 Å². The van der Waals surface area contributed by atoms with Crippen molar-refractivity contribution in [3.05, 3.63) is 42.2 Å². The third-order valence-electron chi connectivity index (χ3n) is 3.81. The van der Waals surface area contributed by atoms with Crippen LogP contribution in [-0.4, -0.2) is 23.0 Å². The van der Waals surface area contributed by atoms with Gasteiger partial charge in [0.1, 0.15) is 0 Å². The van der Waals surface area contributed by atoms with Gasteiger partial charge in [-0.05, 0) is 59.9 Å². The summed E-state index contributed by atoms with van der Waals surface area (Å²) in [5.74, 6) is 3.57. The summed E-state index contributed by atoms with van der Waals surface area (Å²) < 4.78 is 0. The van der Waals surface area contributed by atoms with Gasteiger partial charge in [0, 0.05) is 24.3 Å². The Labute approximate surface area is 119 Å². The van der Waals surface area contributed by atoms with Gasteiger partial charge >= 0.3 is 0 Å². The van der Waals surface area contributed by atoms with E-state index in [4.69, 9.17) is 0 Å². The lowest BCUT2D eigenvalue weighted by atomic mass is 10.0. The van der Waals surface area contributed by atoms with E-state index in [1.165, 1.54) is 40.7 Å². The maximum absolute atomic E-state index is 4.15. The molecule has 3 heteroatoms. The third-order valence-corrected chi connectivity index (χ3v) is 4.86. The van der Waals surface area contributed by atoms with E-state index in [9.17, 15) is 0 Å². The van der Waals surface area contributed by atoms with Crippen molar-refractivity contribution >= 4 is 22.5 Å². The molecular formula is C16H20N2S. The minimum Gasteiger partial charge on any atom is -0.312 e. The van der Waals surface area contributed by atoms with Crippen molar-refractivity contribution in [3.63, 3.8) is 0 Å². The monoisotopic (exact) mass is 272 g/mol. The molecule has 1 saturated heterocycles. The zero-order valence-corrected chi connectivity index (χ0v) is 12.0.